The molecule has 7 heteroatoms. The molecule has 1 aliphatic heterocycles. The Kier molecular flexibility index (Phi) is 6.99. The fraction of sp³-hybridized carbons (Fsp3) is 0.480. The number of pyridine rings is 1. The van der Waals surface area contributed by atoms with E-state index in [9.17, 15) is 14.4 Å². The van der Waals surface area contributed by atoms with Gasteiger partial charge in [-0.1, -0.05) is 36.6 Å². The largest absolute Gasteiger partial charge is 0.349 e. The SMILES string of the molecule is C[C@H](NC(=O)c1cn(C2CCCC2)cc(C(=O)N2CCCCC2)c1=O)c1ccc(Cl)cc1. The van der Waals surface area contributed by atoms with E-state index >= 15 is 0 Å². The molecule has 2 amide bonds. The second kappa shape index (κ2) is 9.90. The average Bonchev–Trinajstić information content (AvgIpc) is 3.34. The van der Waals surface area contributed by atoms with Crippen molar-refractivity contribution in [2.75, 3.05) is 13.1 Å². The van der Waals surface area contributed by atoms with Crippen molar-refractivity contribution in [3.8, 4) is 0 Å². The summed E-state index contributed by atoms with van der Waals surface area (Å²) in [6.07, 6.45) is 10.5. The molecule has 0 spiro atoms. The van der Waals surface area contributed by atoms with Crippen molar-refractivity contribution >= 4 is 23.4 Å². The second-order valence-corrected chi connectivity index (χ2v) is 9.34. The van der Waals surface area contributed by atoms with E-state index in [-0.39, 0.29) is 29.1 Å². The first-order valence-corrected chi connectivity index (χ1v) is 11.9. The van der Waals surface area contributed by atoms with Crippen LogP contribution in [0.25, 0.3) is 0 Å². The lowest BCUT2D eigenvalue weighted by atomic mass is 10.1. The number of piperidine rings is 1. The zero-order chi connectivity index (χ0) is 22.7. The normalized spacial score (nSPS) is 17.9. The van der Waals surface area contributed by atoms with Crippen molar-refractivity contribution in [3.63, 3.8) is 0 Å². The summed E-state index contributed by atoms with van der Waals surface area (Å²) < 4.78 is 1.92. The van der Waals surface area contributed by atoms with Crippen LogP contribution in [0.5, 0.6) is 0 Å². The molecule has 2 aliphatic rings. The number of hydrogen-bond acceptors (Lipinski definition) is 3. The summed E-state index contributed by atoms with van der Waals surface area (Å²) in [6.45, 7) is 3.18. The molecule has 4 rings (SSSR count). The third kappa shape index (κ3) is 4.90. The van der Waals surface area contributed by atoms with E-state index in [0.717, 1.165) is 50.5 Å². The smallest absolute Gasteiger partial charge is 0.259 e. The molecule has 2 aromatic rings. The van der Waals surface area contributed by atoms with Gasteiger partial charge in [-0.15, -0.1) is 0 Å². The highest BCUT2D eigenvalue weighted by atomic mass is 35.5. The number of rotatable bonds is 5. The zero-order valence-electron chi connectivity index (χ0n) is 18.5. The maximum absolute atomic E-state index is 13.3. The number of nitrogens with zero attached hydrogens (tertiary/aromatic N) is 2. The monoisotopic (exact) mass is 455 g/mol. The maximum atomic E-state index is 13.3. The fourth-order valence-corrected chi connectivity index (χ4v) is 4.83. The van der Waals surface area contributed by atoms with Gasteiger partial charge in [-0.25, -0.2) is 0 Å². The summed E-state index contributed by atoms with van der Waals surface area (Å²) in [6, 6.07) is 7.14. The summed E-state index contributed by atoms with van der Waals surface area (Å²) >= 11 is 5.96. The molecule has 0 bridgehead atoms. The molecule has 0 unspecified atom stereocenters. The van der Waals surface area contributed by atoms with Crippen LogP contribution in [-0.4, -0.2) is 34.4 Å². The van der Waals surface area contributed by atoms with Gasteiger partial charge in [0.15, 0.2) is 0 Å². The first kappa shape index (κ1) is 22.6. The van der Waals surface area contributed by atoms with Crippen LogP contribution in [0.4, 0.5) is 0 Å². The summed E-state index contributed by atoms with van der Waals surface area (Å²) in [4.78, 5) is 41.4. The highest BCUT2D eigenvalue weighted by Gasteiger charge is 2.27. The van der Waals surface area contributed by atoms with E-state index in [1.807, 2.05) is 23.6 Å². The number of likely N-dealkylation sites (tertiary alicyclic amines) is 1. The van der Waals surface area contributed by atoms with E-state index in [1.54, 1.807) is 29.4 Å². The fourth-order valence-electron chi connectivity index (χ4n) is 4.70. The quantitative estimate of drug-likeness (QED) is 0.708. The van der Waals surface area contributed by atoms with Crippen LogP contribution in [0.1, 0.15) is 90.2 Å². The van der Waals surface area contributed by atoms with Gasteiger partial charge in [0, 0.05) is 36.5 Å². The lowest BCUT2D eigenvalue weighted by Crippen LogP contribution is -2.40. The molecule has 2 fully saturated rings. The average molecular weight is 456 g/mol. The second-order valence-electron chi connectivity index (χ2n) is 8.90. The zero-order valence-corrected chi connectivity index (χ0v) is 19.2. The number of amides is 2. The molecule has 1 atom stereocenters. The summed E-state index contributed by atoms with van der Waals surface area (Å²) in [5, 5.41) is 3.54. The molecular weight excluding hydrogens is 426 g/mol. The Hall–Kier alpha value is -2.60. The van der Waals surface area contributed by atoms with Crippen molar-refractivity contribution < 1.29 is 9.59 Å². The number of carbonyl (C=O) groups is 2. The molecule has 1 saturated heterocycles. The number of aromatic nitrogens is 1. The molecule has 1 aromatic carbocycles. The van der Waals surface area contributed by atoms with Crippen molar-refractivity contribution in [2.24, 2.45) is 0 Å². The third-order valence-corrected chi connectivity index (χ3v) is 6.88. The van der Waals surface area contributed by atoms with Crippen LogP contribution >= 0.6 is 11.6 Å². The van der Waals surface area contributed by atoms with Crippen LogP contribution in [0.3, 0.4) is 0 Å². The molecule has 0 radical (unpaired) electrons. The number of carbonyl (C=O) groups excluding carboxylic acids is 2. The van der Waals surface area contributed by atoms with Gasteiger partial charge in [-0.2, -0.15) is 0 Å². The summed E-state index contributed by atoms with van der Waals surface area (Å²) in [7, 11) is 0. The van der Waals surface area contributed by atoms with Crippen molar-refractivity contribution in [3.05, 3.63) is 68.6 Å². The van der Waals surface area contributed by atoms with Gasteiger partial charge in [0.1, 0.15) is 11.1 Å². The molecule has 170 valence electrons. The number of hydrogen-bond donors (Lipinski definition) is 1. The lowest BCUT2D eigenvalue weighted by Gasteiger charge is -2.27. The van der Waals surface area contributed by atoms with Gasteiger partial charge in [-0.3, -0.25) is 14.4 Å². The Morgan fingerprint density at radius 2 is 1.59 bits per heavy atom. The highest BCUT2D eigenvalue weighted by Crippen LogP contribution is 2.29. The van der Waals surface area contributed by atoms with Crippen LogP contribution in [0.15, 0.2) is 41.5 Å². The topological polar surface area (TPSA) is 71.4 Å². The van der Waals surface area contributed by atoms with Crippen LogP contribution < -0.4 is 10.7 Å². The number of nitrogens with one attached hydrogen (secondary N) is 1. The molecule has 1 aromatic heterocycles. The highest BCUT2D eigenvalue weighted by molar-refractivity contribution is 6.30. The van der Waals surface area contributed by atoms with E-state index in [2.05, 4.69) is 5.32 Å². The molecule has 6 nitrogen and oxygen atoms in total. The van der Waals surface area contributed by atoms with Gasteiger partial charge in [0.2, 0.25) is 5.43 Å². The maximum Gasteiger partial charge on any atom is 0.259 e. The Balaban J connectivity index is 1.65. The minimum absolute atomic E-state index is 0.0283. The summed E-state index contributed by atoms with van der Waals surface area (Å²) in [5.41, 5.74) is 0.529. The molecule has 32 heavy (non-hydrogen) atoms. The van der Waals surface area contributed by atoms with E-state index < -0.39 is 11.3 Å². The minimum atomic E-state index is -0.490. The Bertz CT molecular complexity index is 1040. The van der Waals surface area contributed by atoms with Crippen LogP contribution in [-0.2, 0) is 0 Å². The predicted molar refractivity (Wildman–Crippen MR) is 125 cm³/mol. The van der Waals surface area contributed by atoms with Gasteiger partial charge in [-0.05, 0) is 56.7 Å². The predicted octanol–water partition coefficient (Wildman–Crippen LogP) is 4.73. The van der Waals surface area contributed by atoms with Crippen LogP contribution in [0, 0.1) is 0 Å². The van der Waals surface area contributed by atoms with Crippen molar-refractivity contribution in [1.29, 1.82) is 0 Å². The van der Waals surface area contributed by atoms with Crippen LogP contribution in [0.2, 0.25) is 5.02 Å². The third-order valence-electron chi connectivity index (χ3n) is 6.63. The molecule has 1 aliphatic carbocycles. The van der Waals surface area contributed by atoms with Gasteiger partial charge in [0.05, 0.1) is 6.04 Å². The number of benzene rings is 1. The first-order valence-electron chi connectivity index (χ1n) is 11.6. The van der Waals surface area contributed by atoms with E-state index in [4.69, 9.17) is 11.6 Å². The van der Waals surface area contributed by atoms with Crippen molar-refractivity contribution in [2.45, 2.75) is 64.0 Å². The Morgan fingerprint density at radius 1 is 0.969 bits per heavy atom. The van der Waals surface area contributed by atoms with Gasteiger partial charge >= 0.3 is 0 Å². The Morgan fingerprint density at radius 3 is 2.25 bits per heavy atom. The number of halogens is 1. The van der Waals surface area contributed by atoms with E-state index in [0.29, 0.717) is 18.1 Å². The Labute approximate surface area is 193 Å². The van der Waals surface area contributed by atoms with Gasteiger partial charge in [0.25, 0.3) is 11.8 Å². The molecule has 1 N–H and O–H groups in total. The molecular formula is C25H30ClN3O3. The standard InChI is InChI=1S/C25H30ClN3O3/c1-17(18-9-11-19(26)12-10-18)27-24(31)21-15-29(20-7-3-4-8-20)16-22(23(21)30)25(32)28-13-5-2-6-14-28/h9-12,15-17,20H,2-8,13-14H2,1H3,(H,27,31)/t17-/m0/s1. The lowest BCUT2D eigenvalue weighted by molar-refractivity contribution is 0.0722. The minimum Gasteiger partial charge on any atom is -0.349 e. The summed E-state index contributed by atoms with van der Waals surface area (Å²) in [5.74, 6) is -0.723. The molecule has 1 saturated carbocycles. The van der Waals surface area contributed by atoms with E-state index in [1.165, 1.54) is 0 Å². The van der Waals surface area contributed by atoms with Crippen molar-refractivity contribution in [1.82, 2.24) is 14.8 Å². The molecule has 2 heterocycles. The van der Waals surface area contributed by atoms with Gasteiger partial charge < -0.3 is 14.8 Å². The first-order chi connectivity index (χ1) is 15.4.